The van der Waals surface area contributed by atoms with E-state index in [4.69, 9.17) is 18.7 Å². The van der Waals surface area contributed by atoms with Gasteiger partial charge in [0.05, 0.1) is 27.9 Å². The molecular weight excluding hydrogens is 378 g/mol. The molecule has 29 heavy (non-hydrogen) atoms. The fourth-order valence-electron chi connectivity index (χ4n) is 3.70. The van der Waals surface area contributed by atoms with Crippen molar-refractivity contribution in [2.45, 2.75) is 25.8 Å². The Labute approximate surface area is 168 Å². The van der Waals surface area contributed by atoms with E-state index in [9.17, 15) is 9.59 Å². The fraction of sp³-hybridized carbons (Fsp3) is 0.450. The lowest BCUT2D eigenvalue weighted by Gasteiger charge is -2.33. The molecule has 2 heterocycles. The average Bonchev–Trinajstić information content (AvgIpc) is 3.12. The van der Waals surface area contributed by atoms with Crippen molar-refractivity contribution in [2.24, 2.45) is 0 Å². The van der Waals surface area contributed by atoms with Gasteiger partial charge in [0, 0.05) is 18.1 Å². The number of nitrogens with one attached hydrogen (secondary N) is 2. The Balaban J connectivity index is 1.85. The third-order valence-corrected chi connectivity index (χ3v) is 5.11. The van der Waals surface area contributed by atoms with Gasteiger partial charge in [0.2, 0.25) is 0 Å². The van der Waals surface area contributed by atoms with Crippen molar-refractivity contribution in [1.82, 2.24) is 5.16 Å². The van der Waals surface area contributed by atoms with E-state index in [-0.39, 0.29) is 30.9 Å². The molecule has 0 spiro atoms. The number of aryl methyl sites for hydroxylation is 1. The van der Waals surface area contributed by atoms with Crippen LogP contribution in [0.15, 0.2) is 22.7 Å². The molecule has 9 heteroatoms. The molecule has 3 rings (SSSR count). The van der Waals surface area contributed by atoms with E-state index in [1.165, 1.54) is 7.11 Å². The molecule has 9 nitrogen and oxygen atoms in total. The first-order valence-electron chi connectivity index (χ1n) is 9.34. The lowest BCUT2D eigenvalue weighted by atomic mass is 9.90. The molecule has 2 aromatic rings. The third kappa shape index (κ3) is 4.68. The standard InChI is InChI=1S/C20H25N3O6/c1-12-7-18(22-29-12)21-19(24)11-23-6-5-13-8-16(26-2)17(27-3)9-14(13)15(23)10-20(25)28-4/h7-9,15H,5-6,10-11H2,1-4H3,(H,21,22,24)/p+1/t15-/m1/s1. The summed E-state index contributed by atoms with van der Waals surface area (Å²) in [6, 6.07) is 5.24. The molecule has 0 bridgehead atoms. The van der Waals surface area contributed by atoms with Crippen molar-refractivity contribution in [1.29, 1.82) is 0 Å². The number of nitrogens with zero attached hydrogens (tertiary/aromatic N) is 1. The second kappa shape index (κ2) is 8.95. The van der Waals surface area contributed by atoms with Crippen LogP contribution < -0.4 is 19.7 Å². The van der Waals surface area contributed by atoms with Gasteiger partial charge in [-0.15, -0.1) is 0 Å². The van der Waals surface area contributed by atoms with Crippen LogP contribution in [0.3, 0.4) is 0 Å². The number of rotatable bonds is 7. The second-order valence-electron chi connectivity index (χ2n) is 6.94. The first-order chi connectivity index (χ1) is 13.9. The van der Waals surface area contributed by atoms with Crippen molar-refractivity contribution in [2.75, 3.05) is 39.7 Å². The van der Waals surface area contributed by atoms with Crippen molar-refractivity contribution >= 4 is 17.7 Å². The number of benzene rings is 1. The van der Waals surface area contributed by atoms with Gasteiger partial charge in [-0.2, -0.15) is 0 Å². The molecule has 1 aliphatic heterocycles. The van der Waals surface area contributed by atoms with Crippen molar-refractivity contribution in [3.8, 4) is 11.5 Å². The summed E-state index contributed by atoms with van der Waals surface area (Å²) in [5, 5.41) is 6.52. The van der Waals surface area contributed by atoms with Crippen LogP contribution in [0.2, 0.25) is 0 Å². The maximum absolute atomic E-state index is 12.6. The van der Waals surface area contributed by atoms with E-state index in [1.54, 1.807) is 27.2 Å². The molecule has 0 saturated carbocycles. The predicted octanol–water partition coefficient (Wildman–Crippen LogP) is 0.684. The lowest BCUT2D eigenvalue weighted by molar-refractivity contribution is -0.925. The molecule has 1 unspecified atom stereocenters. The number of methoxy groups -OCH3 is 3. The number of aromatic nitrogens is 1. The van der Waals surface area contributed by atoms with Gasteiger partial charge in [0.25, 0.3) is 5.91 Å². The molecule has 1 aromatic carbocycles. The first kappa shape index (κ1) is 20.7. The number of fused-ring (bicyclic) bond motifs is 1. The molecule has 1 aromatic heterocycles. The zero-order valence-electron chi connectivity index (χ0n) is 17.0. The largest absolute Gasteiger partial charge is 0.493 e. The zero-order valence-corrected chi connectivity index (χ0v) is 17.0. The van der Waals surface area contributed by atoms with Crippen LogP contribution in [0.1, 0.15) is 29.3 Å². The lowest BCUT2D eigenvalue weighted by Crippen LogP contribution is -3.14. The van der Waals surface area contributed by atoms with Crippen molar-refractivity contribution in [3.63, 3.8) is 0 Å². The van der Waals surface area contributed by atoms with Crippen LogP contribution in [0, 0.1) is 6.92 Å². The number of anilines is 1. The van der Waals surface area contributed by atoms with Crippen LogP contribution in [-0.2, 0) is 20.7 Å². The minimum Gasteiger partial charge on any atom is -0.493 e. The second-order valence-corrected chi connectivity index (χ2v) is 6.94. The Hall–Kier alpha value is -3.07. The predicted molar refractivity (Wildman–Crippen MR) is 103 cm³/mol. The van der Waals surface area contributed by atoms with Crippen LogP contribution in [0.5, 0.6) is 11.5 Å². The highest BCUT2D eigenvalue weighted by Crippen LogP contribution is 2.35. The molecule has 0 aliphatic carbocycles. The monoisotopic (exact) mass is 404 g/mol. The maximum atomic E-state index is 12.6. The minimum absolute atomic E-state index is 0.157. The first-order valence-corrected chi connectivity index (χ1v) is 9.34. The highest BCUT2D eigenvalue weighted by Gasteiger charge is 2.35. The number of hydrogen-bond donors (Lipinski definition) is 2. The van der Waals surface area contributed by atoms with Crippen LogP contribution in [0.25, 0.3) is 0 Å². The summed E-state index contributed by atoms with van der Waals surface area (Å²) in [6.45, 7) is 2.63. The quantitative estimate of drug-likeness (QED) is 0.654. The SMILES string of the molecule is COC(=O)C[C@@H]1c2cc(OC)c(OC)cc2CC[NH+]1CC(=O)Nc1cc(C)on1. The van der Waals surface area contributed by atoms with Gasteiger partial charge in [0.15, 0.2) is 23.9 Å². The van der Waals surface area contributed by atoms with E-state index in [0.29, 0.717) is 29.6 Å². The van der Waals surface area contributed by atoms with E-state index < -0.39 is 0 Å². The number of quaternary nitrogens is 1. The number of carbonyl (C=O) groups excluding carboxylic acids is 2. The Morgan fingerprint density at radius 3 is 2.55 bits per heavy atom. The molecule has 1 amide bonds. The molecule has 156 valence electrons. The number of amides is 1. The zero-order chi connectivity index (χ0) is 21.0. The average molecular weight is 404 g/mol. The summed E-state index contributed by atoms with van der Waals surface area (Å²) in [4.78, 5) is 25.6. The maximum Gasteiger partial charge on any atom is 0.311 e. The summed E-state index contributed by atoms with van der Waals surface area (Å²) in [5.41, 5.74) is 2.03. The topological polar surface area (TPSA) is 104 Å². The Morgan fingerprint density at radius 1 is 1.21 bits per heavy atom. The van der Waals surface area contributed by atoms with Crippen LogP contribution in [0.4, 0.5) is 5.82 Å². The van der Waals surface area contributed by atoms with Gasteiger partial charge in [-0.25, -0.2) is 0 Å². The number of carbonyl (C=O) groups is 2. The summed E-state index contributed by atoms with van der Waals surface area (Å²) in [5.74, 6) is 1.69. The van der Waals surface area contributed by atoms with Crippen molar-refractivity contribution in [3.05, 3.63) is 35.1 Å². The summed E-state index contributed by atoms with van der Waals surface area (Å²) in [7, 11) is 4.52. The summed E-state index contributed by atoms with van der Waals surface area (Å²) < 4.78 is 20.7. The minimum atomic E-state index is -0.331. The molecule has 2 atom stereocenters. The molecule has 0 fully saturated rings. The van der Waals surface area contributed by atoms with Crippen LogP contribution in [-0.4, -0.2) is 51.5 Å². The molecule has 1 aliphatic rings. The number of esters is 1. The summed E-state index contributed by atoms with van der Waals surface area (Å²) in [6.07, 6.45) is 0.906. The Morgan fingerprint density at radius 2 is 1.93 bits per heavy atom. The van der Waals surface area contributed by atoms with E-state index in [0.717, 1.165) is 22.4 Å². The fourth-order valence-corrected chi connectivity index (χ4v) is 3.70. The van der Waals surface area contributed by atoms with Gasteiger partial charge < -0.3 is 29.0 Å². The van der Waals surface area contributed by atoms with Crippen molar-refractivity contribution < 1.29 is 33.2 Å². The van der Waals surface area contributed by atoms with Gasteiger partial charge in [-0.3, -0.25) is 9.59 Å². The highest BCUT2D eigenvalue weighted by molar-refractivity contribution is 5.90. The Kier molecular flexibility index (Phi) is 6.38. The Bertz CT molecular complexity index is 894. The molecule has 2 N–H and O–H groups in total. The van der Waals surface area contributed by atoms with Gasteiger partial charge >= 0.3 is 5.97 Å². The molecule has 0 saturated heterocycles. The third-order valence-electron chi connectivity index (χ3n) is 5.11. The number of ether oxygens (including phenoxy) is 3. The van der Waals surface area contributed by atoms with E-state index in [2.05, 4.69) is 10.5 Å². The van der Waals surface area contributed by atoms with Gasteiger partial charge in [-0.05, 0) is 24.6 Å². The van der Waals surface area contributed by atoms with Gasteiger partial charge in [0.1, 0.15) is 18.2 Å². The normalized spacial score (nSPS) is 17.9. The smallest absolute Gasteiger partial charge is 0.311 e. The van der Waals surface area contributed by atoms with Crippen LogP contribution >= 0.6 is 0 Å². The number of hydrogen-bond acceptors (Lipinski definition) is 7. The molecule has 0 radical (unpaired) electrons. The molecular formula is C20H26N3O6+. The van der Waals surface area contributed by atoms with Gasteiger partial charge in [-0.1, -0.05) is 5.16 Å². The van der Waals surface area contributed by atoms with E-state index >= 15 is 0 Å². The summed E-state index contributed by atoms with van der Waals surface area (Å²) >= 11 is 0. The highest BCUT2D eigenvalue weighted by atomic mass is 16.5. The van der Waals surface area contributed by atoms with E-state index in [1.807, 2.05) is 12.1 Å².